The van der Waals surface area contributed by atoms with E-state index in [0.29, 0.717) is 6.54 Å². The van der Waals surface area contributed by atoms with Crippen LogP contribution in [0.1, 0.15) is 50.4 Å². The zero-order chi connectivity index (χ0) is 17.9. The van der Waals surface area contributed by atoms with Crippen LogP contribution in [0.4, 0.5) is 0 Å². The van der Waals surface area contributed by atoms with E-state index in [1.54, 1.807) is 0 Å². The number of ether oxygens (including phenoxy) is 1. The Balaban J connectivity index is 0.00000139. The van der Waals surface area contributed by atoms with Crippen molar-refractivity contribution in [3.8, 4) is 0 Å². The lowest BCUT2D eigenvalue weighted by Gasteiger charge is -2.19. The smallest absolute Gasteiger partial charge is 0.328 e. The summed E-state index contributed by atoms with van der Waals surface area (Å²) in [5.41, 5.74) is 3.28. The van der Waals surface area contributed by atoms with Crippen molar-refractivity contribution in [2.75, 3.05) is 0 Å². The summed E-state index contributed by atoms with van der Waals surface area (Å²) in [6.45, 7) is 10.4. The summed E-state index contributed by atoms with van der Waals surface area (Å²) < 4.78 is 5.37. The predicted molar refractivity (Wildman–Crippen MR) is 99.8 cm³/mol. The molecule has 3 nitrogen and oxygen atoms in total. The number of aryl methyl sites for hydroxylation is 1. The van der Waals surface area contributed by atoms with Crippen LogP contribution >= 0.6 is 0 Å². The third-order valence-corrected chi connectivity index (χ3v) is 3.35. The first kappa shape index (κ1) is 19.9. The number of rotatable bonds is 6. The van der Waals surface area contributed by atoms with Crippen LogP contribution in [0.2, 0.25) is 0 Å². The van der Waals surface area contributed by atoms with Gasteiger partial charge in [0.25, 0.3) is 0 Å². The van der Waals surface area contributed by atoms with Gasteiger partial charge in [0, 0.05) is 6.54 Å². The average molecular weight is 327 g/mol. The maximum absolute atomic E-state index is 12.3. The lowest BCUT2D eigenvalue weighted by Crippen LogP contribution is -2.31. The van der Waals surface area contributed by atoms with Crippen molar-refractivity contribution in [2.45, 2.75) is 53.3 Å². The van der Waals surface area contributed by atoms with Gasteiger partial charge >= 0.3 is 5.97 Å². The van der Waals surface area contributed by atoms with Gasteiger partial charge in [0.2, 0.25) is 0 Å². The number of carbonyl (C=O) groups excluding carboxylic acids is 1. The van der Waals surface area contributed by atoms with Crippen LogP contribution in [0.5, 0.6) is 0 Å². The Morgan fingerprint density at radius 3 is 2.12 bits per heavy atom. The summed E-state index contributed by atoms with van der Waals surface area (Å²) in [6.07, 6.45) is -0.125. The Kier molecular flexibility index (Phi) is 8.80. The Bertz CT molecular complexity index is 591. The third-order valence-electron chi connectivity index (χ3n) is 3.35. The van der Waals surface area contributed by atoms with Crippen LogP contribution in [-0.2, 0) is 16.1 Å². The largest absolute Gasteiger partial charge is 0.462 e. The second kappa shape index (κ2) is 10.6. The highest BCUT2D eigenvalue weighted by molar-refractivity contribution is 5.77. The number of benzene rings is 2. The second-order valence-electron chi connectivity index (χ2n) is 5.70. The van der Waals surface area contributed by atoms with Crippen molar-refractivity contribution in [2.24, 2.45) is 0 Å². The fourth-order valence-electron chi connectivity index (χ4n) is 2.21. The quantitative estimate of drug-likeness (QED) is 0.774. The number of hydrogen-bond acceptors (Lipinski definition) is 3. The lowest BCUT2D eigenvalue weighted by molar-refractivity contribution is -0.150. The fourth-order valence-corrected chi connectivity index (χ4v) is 2.21. The Morgan fingerprint density at radius 2 is 1.58 bits per heavy atom. The van der Waals surface area contributed by atoms with Crippen LogP contribution in [0.15, 0.2) is 54.6 Å². The molecule has 0 radical (unpaired) electrons. The van der Waals surface area contributed by atoms with E-state index in [4.69, 9.17) is 4.74 Å². The first-order valence-electron chi connectivity index (χ1n) is 8.60. The van der Waals surface area contributed by atoms with Crippen LogP contribution < -0.4 is 5.32 Å². The molecule has 2 rings (SSSR count). The highest BCUT2D eigenvalue weighted by Crippen LogP contribution is 2.16. The zero-order valence-electron chi connectivity index (χ0n) is 15.4. The molecule has 2 aromatic carbocycles. The van der Waals surface area contributed by atoms with Crippen LogP contribution in [0, 0.1) is 6.92 Å². The molecular weight excluding hydrogens is 298 g/mol. The molecule has 0 amide bonds. The minimum atomic E-state index is -0.454. The molecule has 0 aliphatic carbocycles. The van der Waals surface area contributed by atoms with Gasteiger partial charge in [0.15, 0.2) is 0 Å². The summed E-state index contributed by atoms with van der Waals surface area (Å²) in [4.78, 5) is 12.3. The van der Waals surface area contributed by atoms with E-state index in [9.17, 15) is 4.79 Å². The Labute approximate surface area is 146 Å². The minimum Gasteiger partial charge on any atom is -0.462 e. The minimum absolute atomic E-state index is 0.125. The number of carbonyl (C=O) groups is 1. The second-order valence-corrected chi connectivity index (χ2v) is 5.70. The molecule has 1 N–H and O–H groups in total. The molecule has 0 fully saturated rings. The molecule has 0 saturated heterocycles. The summed E-state index contributed by atoms with van der Waals surface area (Å²) in [7, 11) is 0. The normalized spacial score (nSPS) is 11.4. The van der Waals surface area contributed by atoms with Crippen molar-refractivity contribution < 1.29 is 9.53 Å². The molecule has 2 aromatic rings. The van der Waals surface area contributed by atoms with Gasteiger partial charge in [0.1, 0.15) is 6.04 Å². The maximum Gasteiger partial charge on any atom is 0.328 e. The number of hydrogen-bond donors (Lipinski definition) is 1. The molecule has 0 aliphatic rings. The van der Waals surface area contributed by atoms with Crippen LogP contribution in [-0.4, -0.2) is 12.1 Å². The van der Waals surface area contributed by atoms with Gasteiger partial charge in [-0.05, 0) is 31.9 Å². The maximum atomic E-state index is 12.3. The first-order valence-corrected chi connectivity index (χ1v) is 8.60. The highest BCUT2D eigenvalue weighted by atomic mass is 16.5. The number of nitrogens with one attached hydrogen (secondary N) is 1. The first-order chi connectivity index (χ1) is 11.6. The average Bonchev–Trinajstić information content (AvgIpc) is 2.59. The molecule has 0 heterocycles. The van der Waals surface area contributed by atoms with Crippen LogP contribution in [0.3, 0.4) is 0 Å². The molecule has 0 spiro atoms. The summed E-state index contributed by atoms with van der Waals surface area (Å²) in [5.74, 6) is -0.242. The molecule has 3 heteroatoms. The van der Waals surface area contributed by atoms with Gasteiger partial charge in [-0.1, -0.05) is 74.0 Å². The van der Waals surface area contributed by atoms with E-state index in [2.05, 4.69) is 36.5 Å². The SMILES string of the molecule is CC.Cc1ccc(CNC(C(=O)OC(C)C)c2ccccc2)cc1. The topological polar surface area (TPSA) is 38.3 Å². The molecule has 1 atom stereocenters. The fraction of sp³-hybridized carbons (Fsp3) is 0.381. The molecule has 24 heavy (non-hydrogen) atoms. The van der Waals surface area contributed by atoms with Gasteiger partial charge in [-0.2, -0.15) is 0 Å². The van der Waals surface area contributed by atoms with Gasteiger partial charge in [-0.3, -0.25) is 5.32 Å². The molecule has 0 aromatic heterocycles. The van der Waals surface area contributed by atoms with Gasteiger partial charge < -0.3 is 4.74 Å². The Morgan fingerprint density at radius 1 is 1.00 bits per heavy atom. The number of esters is 1. The summed E-state index contributed by atoms with van der Waals surface area (Å²) in [5, 5.41) is 3.30. The van der Waals surface area contributed by atoms with Crippen molar-refractivity contribution in [3.05, 3.63) is 71.3 Å². The van der Waals surface area contributed by atoms with E-state index < -0.39 is 6.04 Å². The molecular formula is C21H29NO2. The lowest BCUT2D eigenvalue weighted by atomic mass is 10.1. The van der Waals surface area contributed by atoms with Crippen molar-refractivity contribution in [1.82, 2.24) is 5.32 Å². The standard InChI is InChI=1S/C19H23NO2.C2H6/c1-14(2)22-19(21)18(17-7-5-4-6-8-17)20-13-16-11-9-15(3)10-12-16;1-2/h4-12,14,18,20H,13H2,1-3H3;1-2H3. The molecule has 0 bridgehead atoms. The van der Waals surface area contributed by atoms with E-state index in [0.717, 1.165) is 11.1 Å². The molecule has 0 saturated carbocycles. The zero-order valence-corrected chi connectivity index (χ0v) is 15.4. The summed E-state index contributed by atoms with van der Waals surface area (Å²) >= 11 is 0. The van der Waals surface area contributed by atoms with Gasteiger partial charge in [-0.15, -0.1) is 0 Å². The molecule has 0 aliphatic heterocycles. The van der Waals surface area contributed by atoms with Crippen molar-refractivity contribution in [3.63, 3.8) is 0 Å². The van der Waals surface area contributed by atoms with Gasteiger partial charge in [0.05, 0.1) is 6.10 Å². The van der Waals surface area contributed by atoms with E-state index in [1.807, 2.05) is 58.0 Å². The van der Waals surface area contributed by atoms with E-state index >= 15 is 0 Å². The monoisotopic (exact) mass is 327 g/mol. The van der Waals surface area contributed by atoms with E-state index in [-0.39, 0.29) is 12.1 Å². The Hall–Kier alpha value is -2.13. The van der Waals surface area contributed by atoms with Gasteiger partial charge in [-0.25, -0.2) is 4.79 Å². The highest BCUT2D eigenvalue weighted by Gasteiger charge is 2.22. The predicted octanol–water partition coefficient (Wildman–Crippen LogP) is 4.80. The molecule has 1 unspecified atom stereocenters. The van der Waals surface area contributed by atoms with Crippen molar-refractivity contribution in [1.29, 1.82) is 0 Å². The molecule has 130 valence electrons. The van der Waals surface area contributed by atoms with Crippen LogP contribution in [0.25, 0.3) is 0 Å². The van der Waals surface area contributed by atoms with Crippen molar-refractivity contribution >= 4 is 5.97 Å². The third kappa shape index (κ3) is 6.55. The van der Waals surface area contributed by atoms with E-state index in [1.165, 1.54) is 5.56 Å². The summed E-state index contributed by atoms with van der Waals surface area (Å²) in [6, 6.07) is 17.5.